The average molecular weight is 778 g/mol. The van der Waals surface area contributed by atoms with Gasteiger partial charge >= 0.3 is 36.2 Å². The molecular weight excluding hydrogens is 720 g/mol. The number of carboxylic acid groups (broad SMARTS) is 1. The van der Waals surface area contributed by atoms with E-state index in [9.17, 15) is 45.5 Å². The van der Waals surface area contributed by atoms with E-state index in [1.54, 1.807) is 0 Å². The molecule has 4 atom stereocenters. The van der Waals surface area contributed by atoms with Gasteiger partial charge in [-0.3, -0.25) is 19.2 Å². The van der Waals surface area contributed by atoms with Gasteiger partial charge < -0.3 is 30.2 Å². The molecule has 0 fully saturated rings. The molecule has 308 valence electrons. The molecule has 0 aliphatic carbocycles. The molecular formula is C35H57F6N3O9. The number of carboxylic acids is 1. The summed E-state index contributed by atoms with van der Waals surface area (Å²) < 4.78 is 79.6. The number of anilines is 1. The van der Waals surface area contributed by atoms with Gasteiger partial charge in [-0.15, -0.1) is 13.2 Å². The van der Waals surface area contributed by atoms with Crippen molar-refractivity contribution in [2.45, 2.75) is 92.7 Å². The monoisotopic (exact) mass is 777 g/mol. The first-order chi connectivity index (χ1) is 23.9. The fraction of sp³-hybridized carbons (Fsp3) is 0.629. The lowest BCUT2D eigenvalue weighted by Gasteiger charge is -2.17. The lowest BCUT2D eigenvalue weighted by Crippen LogP contribution is -2.30. The van der Waals surface area contributed by atoms with Crippen LogP contribution in [0.2, 0.25) is 0 Å². The summed E-state index contributed by atoms with van der Waals surface area (Å²) in [6, 6.07) is 12.2. The number of rotatable bonds is 7. The standard InChI is InChI=1S/C9H13F3O4.C9H18N2.C7H12O4.C6H7N.C2H3F3O.C2H4/c1-5(7(13)15-3)6(2)8(14)16-4-9(10,11)12;1-8(2,3)10-7-11-9(4,5)6;1-4(6(8)9)5(2)7(10)11-3;7-6-4-2-1-3-5-6;3-2(4,5)1-6;1-2/h5-6H,4H2,1-3H3;1-6H3;4-5H,1-3H3,(H,8,9);1-5H,7H2;6H,1H2;1-2H2. The fourth-order valence-corrected chi connectivity index (χ4v) is 2.26. The third kappa shape index (κ3) is 41.9. The van der Waals surface area contributed by atoms with Crippen molar-refractivity contribution >= 4 is 35.6 Å². The summed E-state index contributed by atoms with van der Waals surface area (Å²) >= 11 is 0. The predicted molar refractivity (Wildman–Crippen MR) is 190 cm³/mol. The van der Waals surface area contributed by atoms with Gasteiger partial charge in [-0.1, -0.05) is 45.9 Å². The molecule has 1 aromatic carbocycles. The molecule has 0 aromatic heterocycles. The highest BCUT2D eigenvalue weighted by Gasteiger charge is 2.33. The number of esters is 3. The number of carbonyl (C=O) groups is 4. The zero-order valence-corrected chi connectivity index (χ0v) is 32.5. The van der Waals surface area contributed by atoms with Gasteiger partial charge in [0.1, 0.15) is 6.61 Å². The number of benzene rings is 1. The van der Waals surface area contributed by atoms with Gasteiger partial charge in [-0.05, 0) is 53.7 Å². The van der Waals surface area contributed by atoms with Crippen molar-refractivity contribution in [3.63, 3.8) is 0 Å². The molecule has 18 heteroatoms. The maximum Gasteiger partial charge on any atom is 0.422 e. The van der Waals surface area contributed by atoms with Crippen LogP contribution in [0.3, 0.4) is 0 Å². The van der Waals surface area contributed by atoms with E-state index in [-0.39, 0.29) is 11.1 Å². The highest BCUT2D eigenvalue weighted by Crippen LogP contribution is 2.19. The largest absolute Gasteiger partial charge is 0.481 e. The van der Waals surface area contributed by atoms with Gasteiger partial charge in [-0.2, -0.15) is 26.3 Å². The molecule has 4 unspecified atom stereocenters. The van der Waals surface area contributed by atoms with Gasteiger partial charge in [-0.25, -0.2) is 9.98 Å². The molecule has 0 aliphatic heterocycles. The molecule has 53 heavy (non-hydrogen) atoms. The Hall–Kier alpha value is -4.44. The van der Waals surface area contributed by atoms with E-state index < -0.39 is 73.1 Å². The van der Waals surface area contributed by atoms with Crippen molar-refractivity contribution in [3.05, 3.63) is 43.5 Å². The topological polar surface area (TPSA) is 187 Å². The Bertz CT molecular complexity index is 1210. The van der Waals surface area contributed by atoms with Crippen LogP contribution in [0.4, 0.5) is 32.0 Å². The van der Waals surface area contributed by atoms with Crippen LogP contribution in [0.1, 0.15) is 69.2 Å². The number of carbonyl (C=O) groups excluding carboxylic acids is 3. The number of aliphatic hydroxyl groups is 1. The van der Waals surface area contributed by atoms with E-state index in [4.69, 9.17) is 15.9 Å². The van der Waals surface area contributed by atoms with Gasteiger partial charge in [0.25, 0.3) is 0 Å². The molecule has 12 nitrogen and oxygen atoms in total. The Kier molecular flexibility index (Phi) is 31.7. The Balaban J connectivity index is -0.000000186. The van der Waals surface area contributed by atoms with E-state index in [2.05, 4.69) is 43.4 Å². The van der Waals surface area contributed by atoms with Crippen molar-refractivity contribution in [1.29, 1.82) is 0 Å². The first-order valence-corrected chi connectivity index (χ1v) is 15.6. The number of nitrogen functional groups attached to an aromatic ring is 1. The molecule has 0 saturated carbocycles. The summed E-state index contributed by atoms with van der Waals surface area (Å²) in [7, 11) is 2.38. The highest BCUT2D eigenvalue weighted by molar-refractivity contribution is 5.81. The number of ether oxygens (including phenoxy) is 3. The smallest absolute Gasteiger partial charge is 0.422 e. The second-order valence-corrected chi connectivity index (χ2v) is 12.6. The van der Waals surface area contributed by atoms with Gasteiger partial charge in [0, 0.05) is 5.69 Å². The molecule has 0 heterocycles. The van der Waals surface area contributed by atoms with Crippen molar-refractivity contribution in [3.8, 4) is 0 Å². The number of hydrogen-bond donors (Lipinski definition) is 3. The number of alkyl halides is 6. The van der Waals surface area contributed by atoms with Gasteiger partial charge in [0.15, 0.2) is 6.61 Å². The summed E-state index contributed by atoms with van der Waals surface area (Å²) in [6.45, 7) is 20.5. The number of halogens is 6. The zero-order valence-electron chi connectivity index (χ0n) is 32.5. The van der Waals surface area contributed by atoms with Gasteiger partial charge in [0.2, 0.25) is 0 Å². The molecule has 0 amide bonds. The number of aliphatic imine (C=N–C) groups is 2. The first kappa shape index (κ1) is 57.9. The minimum atomic E-state index is -4.57. The third-order valence-electron chi connectivity index (χ3n) is 5.54. The number of hydrogen-bond acceptors (Lipinski definition) is 11. The number of methoxy groups -OCH3 is 2. The summed E-state index contributed by atoms with van der Waals surface area (Å²) in [5, 5.41) is 15.8. The van der Waals surface area contributed by atoms with E-state index in [1.165, 1.54) is 34.8 Å². The molecule has 1 aromatic rings. The maximum atomic E-state index is 11.7. The second kappa shape index (κ2) is 29.1. The van der Waals surface area contributed by atoms with Crippen LogP contribution in [0.5, 0.6) is 0 Å². The quantitative estimate of drug-likeness (QED) is 0.0628. The number of nitrogens with zero attached hydrogens (tertiary/aromatic N) is 2. The number of para-hydroxylation sites is 1. The first-order valence-electron chi connectivity index (χ1n) is 15.6. The van der Waals surface area contributed by atoms with Crippen molar-refractivity contribution in [1.82, 2.24) is 0 Å². The molecule has 0 bridgehead atoms. The van der Waals surface area contributed by atoms with Crippen LogP contribution in [0, 0.1) is 23.7 Å². The summed E-state index contributed by atoms with van der Waals surface area (Å²) in [5.74, 6) is -6.31. The Labute approximate surface area is 308 Å². The lowest BCUT2D eigenvalue weighted by molar-refractivity contribution is -0.190. The van der Waals surface area contributed by atoms with Crippen LogP contribution in [0.15, 0.2) is 53.5 Å². The highest BCUT2D eigenvalue weighted by atomic mass is 19.4. The zero-order chi connectivity index (χ0) is 43.4. The van der Waals surface area contributed by atoms with E-state index in [1.807, 2.05) is 71.9 Å². The summed E-state index contributed by atoms with van der Waals surface area (Å²) in [6.07, 6.45) is -8.97. The van der Waals surface area contributed by atoms with Crippen molar-refractivity contribution in [2.24, 2.45) is 33.7 Å². The minimum Gasteiger partial charge on any atom is -0.481 e. The molecule has 4 N–H and O–H groups in total. The van der Waals surface area contributed by atoms with Gasteiger partial charge in [0.05, 0.1) is 55.0 Å². The normalized spacial score (nSPS) is 12.8. The van der Waals surface area contributed by atoms with Crippen molar-refractivity contribution < 1.29 is 69.9 Å². The molecule has 1 rings (SSSR count). The molecule has 0 aliphatic rings. The predicted octanol–water partition coefficient (Wildman–Crippen LogP) is 7.42. The van der Waals surface area contributed by atoms with E-state index in [0.29, 0.717) is 0 Å². The van der Waals surface area contributed by atoms with E-state index >= 15 is 0 Å². The fourth-order valence-electron chi connectivity index (χ4n) is 2.26. The Morgan fingerprint density at radius 3 is 1.26 bits per heavy atom. The number of aliphatic carboxylic acids is 1. The molecule has 0 saturated heterocycles. The molecule has 0 radical (unpaired) electrons. The lowest BCUT2D eigenvalue weighted by atomic mass is 9.96. The maximum absolute atomic E-state index is 11.7. The summed E-state index contributed by atoms with van der Waals surface area (Å²) in [5.41, 5.74) is 6.06. The van der Waals surface area contributed by atoms with Crippen LogP contribution in [0.25, 0.3) is 0 Å². The molecule has 0 spiro atoms. The van der Waals surface area contributed by atoms with Crippen LogP contribution in [-0.4, -0.2) is 91.0 Å². The Morgan fingerprint density at radius 2 is 1.04 bits per heavy atom. The van der Waals surface area contributed by atoms with Crippen LogP contribution in [-0.2, 0) is 33.4 Å². The van der Waals surface area contributed by atoms with E-state index in [0.717, 1.165) is 12.8 Å². The summed E-state index contributed by atoms with van der Waals surface area (Å²) in [4.78, 5) is 51.5. The average Bonchev–Trinajstić information content (AvgIpc) is 3.05. The number of nitrogens with two attached hydrogens (primary N) is 1. The number of aliphatic hydroxyl groups excluding tert-OH is 1. The minimum absolute atomic E-state index is 0.0608. The van der Waals surface area contributed by atoms with Crippen molar-refractivity contribution in [2.75, 3.05) is 33.2 Å². The second-order valence-electron chi connectivity index (χ2n) is 12.6. The third-order valence-corrected chi connectivity index (χ3v) is 5.54. The van der Waals surface area contributed by atoms with Crippen LogP contribution >= 0.6 is 0 Å². The SMILES string of the molecule is C=C.CC(C)(C)N=C=NC(C)(C)C.COC(=O)C(C)C(C)C(=O)O.COC(=O)C(C)C(C)C(=O)OCC(F)(F)F.Nc1ccccc1.OCC(F)(F)F. The van der Waals surface area contributed by atoms with Crippen LogP contribution < -0.4 is 5.73 Å². The Morgan fingerprint density at radius 1 is 0.717 bits per heavy atom.